The van der Waals surface area contributed by atoms with E-state index >= 15 is 0 Å². The molecule has 0 aromatic carbocycles. The Kier molecular flexibility index (Phi) is 57.3. The second kappa shape index (κ2) is 59.4. The minimum absolute atomic E-state index is 0.0280. The molecular formula is C70H127N2O7P. The maximum atomic E-state index is 13.6. The number of amides is 1. The van der Waals surface area contributed by atoms with E-state index in [1.54, 1.807) is 0 Å². The fourth-order valence-electron chi connectivity index (χ4n) is 9.36. The van der Waals surface area contributed by atoms with E-state index in [4.69, 9.17) is 13.8 Å². The van der Waals surface area contributed by atoms with E-state index in [1.807, 2.05) is 33.3 Å². The summed E-state index contributed by atoms with van der Waals surface area (Å²) in [6, 6.07) is -0.900. The number of esters is 1. The molecule has 0 radical (unpaired) electrons. The van der Waals surface area contributed by atoms with Crippen LogP contribution in [0.15, 0.2) is 85.1 Å². The highest BCUT2D eigenvalue weighted by molar-refractivity contribution is 7.45. The van der Waals surface area contributed by atoms with Crippen LogP contribution in [0.3, 0.4) is 0 Å². The number of hydrogen-bond donors (Lipinski definition) is 1. The van der Waals surface area contributed by atoms with Crippen LogP contribution in [-0.2, 0) is 27.9 Å². The van der Waals surface area contributed by atoms with Gasteiger partial charge in [0.25, 0.3) is 7.82 Å². The normalized spacial score (nSPS) is 14.1. The molecule has 0 aliphatic carbocycles. The van der Waals surface area contributed by atoms with Crippen LogP contribution >= 0.6 is 7.82 Å². The molecule has 10 heteroatoms. The predicted octanol–water partition coefficient (Wildman–Crippen LogP) is 20.3. The molecule has 0 saturated carbocycles. The second-order valence-corrected chi connectivity index (χ2v) is 25.0. The Morgan fingerprint density at radius 3 is 1.16 bits per heavy atom. The van der Waals surface area contributed by atoms with Crippen molar-refractivity contribution in [1.82, 2.24) is 5.32 Å². The molecule has 0 spiro atoms. The molecule has 464 valence electrons. The lowest BCUT2D eigenvalue weighted by Crippen LogP contribution is -2.47. The Hall–Kier alpha value is -2.81. The van der Waals surface area contributed by atoms with Gasteiger partial charge < -0.3 is 28.5 Å². The van der Waals surface area contributed by atoms with E-state index < -0.39 is 26.6 Å². The Morgan fingerprint density at radius 1 is 0.438 bits per heavy atom. The summed E-state index contributed by atoms with van der Waals surface area (Å²) in [5, 5.41) is 3.03. The van der Waals surface area contributed by atoms with Gasteiger partial charge in [-0.3, -0.25) is 14.2 Å². The van der Waals surface area contributed by atoms with Crippen LogP contribution in [-0.4, -0.2) is 69.4 Å². The fourth-order valence-corrected chi connectivity index (χ4v) is 10.1. The number of carbonyl (C=O) groups is 2. The number of allylic oxidation sites excluding steroid dienone is 13. The summed E-state index contributed by atoms with van der Waals surface area (Å²) in [5.74, 6) is -0.555. The number of quaternary nitrogens is 1. The average Bonchev–Trinajstić information content (AvgIpc) is 3.43. The van der Waals surface area contributed by atoms with Gasteiger partial charge in [-0.05, 0) is 109 Å². The third-order valence-electron chi connectivity index (χ3n) is 14.5. The Morgan fingerprint density at radius 2 is 0.762 bits per heavy atom. The van der Waals surface area contributed by atoms with Crippen molar-refractivity contribution >= 4 is 19.7 Å². The van der Waals surface area contributed by atoms with Crippen molar-refractivity contribution in [2.75, 3.05) is 40.9 Å². The summed E-state index contributed by atoms with van der Waals surface area (Å²) in [5.41, 5.74) is 0. The van der Waals surface area contributed by atoms with Gasteiger partial charge in [0.05, 0.1) is 33.8 Å². The van der Waals surface area contributed by atoms with Crippen LogP contribution in [0.2, 0.25) is 0 Å². The van der Waals surface area contributed by atoms with E-state index in [-0.39, 0.29) is 24.9 Å². The molecule has 3 unspecified atom stereocenters. The molecule has 0 aromatic heterocycles. The molecule has 0 aliphatic rings. The van der Waals surface area contributed by atoms with Crippen molar-refractivity contribution in [3.63, 3.8) is 0 Å². The first-order chi connectivity index (χ1) is 38.9. The number of carbonyl (C=O) groups excluding carboxylic acids is 2. The monoisotopic (exact) mass is 1140 g/mol. The van der Waals surface area contributed by atoms with Crippen LogP contribution in [0.25, 0.3) is 0 Å². The molecule has 0 aromatic rings. The Labute approximate surface area is 495 Å². The van der Waals surface area contributed by atoms with Crippen molar-refractivity contribution < 1.29 is 37.3 Å². The molecule has 0 rings (SSSR count). The zero-order chi connectivity index (χ0) is 58.6. The maximum Gasteiger partial charge on any atom is 0.306 e. The fraction of sp³-hybridized carbons (Fsp3) is 0.771. The van der Waals surface area contributed by atoms with Gasteiger partial charge >= 0.3 is 5.97 Å². The third-order valence-corrected chi connectivity index (χ3v) is 15.5. The summed E-state index contributed by atoms with van der Waals surface area (Å²) < 4.78 is 30.4. The first kappa shape index (κ1) is 77.2. The highest BCUT2D eigenvalue weighted by atomic mass is 31.2. The number of nitrogens with zero attached hydrogens (tertiary/aromatic N) is 1. The number of phosphoric ester groups is 1. The van der Waals surface area contributed by atoms with Gasteiger partial charge in [0.15, 0.2) is 0 Å². The third kappa shape index (κ3) is 59.8. The van der Waals surface area contributed by atoms with Gasteiger partial charge in [0, 0.05) is 12.8 Å². The molecule has 0 heterocycles. The lowest BCUT2D eigenvalue weighted by Gasteiger charge is -2.30. The van der Waals surface area contributed by atoms with Gasteiger partial charge in [-0.25, -0.2) is 0 Å². The standard InChI is InChI=1S/C70H127N2O7P/c1-7-10-13-16-19-22-25-28-30-32-34-35-36-37-39-41-43-45-48-51-54-57-60-63-70(74)79-68(61-58-55-52-49-46-27-24-21-18-15-12-9-3)67(66-78-80(75,76)77-65-64-72(4,5)6)71-69(73)62-59-56-53-50-47-44-42-40-38-33-31-29-26-23-20-17-14-11-8-2/h19-20,22-23,28-31,34-35,37,39,58,61,67-68H,7-18,21,24-27,32-33,36,38,40-57,59-60,62-66H2,1-6H3,(H-,71,73,75,76)/b22-19-,23-20-,30-28-,31-29-,35-34-,39-37-,61-58+. The molecule has 0 saturated heterocycles. The number of unbranched alkanes of at least 4 members (excludes halogenated alkanes) is 32. The van der Waals surface area contributed by atoms with Crippen LogP contribution < -0.4 is 10.2 Å². The molecular weight excluding hydrogens is 1010 g/mol. The summed E-state index contributed by atoms with van der Waals surface area (Å²) >= 11 is 0. The van der Waals surface area contributed by atoms with Gasteiger partial charge in [-0.1, -0.05) is 260 Å². The molecule has 0 bridgehead atoms. The number of rotatable bonds is 60. The maximum absolute atomic E-state index is 13.6. The Balaban J connectivity index is 5.20. The minimum Gasteiger partial charge on any atom is -0.756 e. The zero-order valence-electron chi connectivity index (χ0n) is 53.0. The van der Waals surface area contributed by atoms with Gasteiger partial charge in [0.2, 0.25) is 5.91 Å². The number of likely N-dealkylation sites (N-methyl/N-ethyl adjacent to an activating group) is 1. The van der Waals surface area contributed by atoms with Gasteiger partial charge in [-0.15, -0.1) is 0 Å². The van der Waals surface area contributed by atoms with Gasteiger partial charge in [-0.2, -0.15) is 0 Å². The van der Waals surface area contributed by atoms with Crippen LogP contribution in [0.1, 0.15) is 297 Å². The van der Waals surface area contributed by atoms with Crippen molar-refractivity contribution in [2.45, 2.75) is 309 Å². The minimum atomic E-state index is -4.71. The van der Waals surface area contributed by atoms with Gasteiger partial charge in [0.1, 0.15) is 19.3 Å². The summed E-state index contributed by atoms with van der Waals surface area (Å²) in [6.45, 7) is 6.79. The van der Waals surface area contributed by atoms with E-state index in [0.29, 0.717) is 23.9 Å². The smallest absolute Gasteiger partial charge is 0.306 e. The van der Waals surface area contributed by atoms with Crippen molar-refractivity contribution in [1.29, 1.82) is 0 Å². The van der Waals surface area contributed by atoms with E-state index in [0.717, 1.165) is 103 Å². The molecule has 3 atom stereocenters. The number of ether oxygens (including phenoxy) is 1. The molecule has 1 amide bonds. The van der Waals surface area contributed by atoms with Crippen molar-refractivity contribution in [2.24, 2.45) is 0 Å². The first-order valence-electron chi connectivity index (χ1n) is 33.4. The number of hydrogen-bond acceptors (Lipinski definition) is 7. The number of phosphoric acid groups is 1. The van der Waals surface area contributed by atoms with Crippen molar-refractivity contribution in [3.05, 3.63) is 85.1 Å². The number of nitrogens with one attached hydrogen (secondary N) is 1. The molecule has 0 aliphatic heterocycles. The van der Waals surface area contributed by atoms with E-state index in [9.17, 15) is 19.0 Å². The molecule has 9 nitrogen and oxygen atoms in total. The second-order valence-electron chi connectivity index (χ2n) is 23.6. The Bertz CT molecular complexity index is 1640. The van der Waals surface area contributed by atoms with Crippen LogP contribution in [0.4, 0.5) is 0 Å². The highest BCUT2D eigenvalue weighted by Gasteiger charge is 2.27. The lowest BCUT2D eigenvalue weighted by molar-refractivity contribution is -0.870. The molecule has 80 heavy (non-hydrogen) atoms. The average molecular weight is 1140 g/mol. The summed E-state index contributed by atoms with van der Waals surface area (Å²) in [7, 11) is 1.17. The van der Waals surface area contributed by atoms with E-state index in [1.165, 1.54) is 154 Å². The van der Waals surface area contributed by atoms with E-state index in [2.05, 4.69) is 99.0 Å². The summed E-state index contributed by atoms with van der Waals surface area (Å²) in [6.07, 6.45) is 78.3. The SMILES string of the molecule is CCCCC/C=C\C/C=C\C/C=C\C/C=C\CCCCCCCCCC(=O)OC(/C=C/CCCCCCCCCCCC)C(COP(=O)([O-])OCC[N+](C)(C)C)NC(=O)CCCCCCCCCCC/C=C\C/C=C\CCCCC. The van der Waals surface area contributed by atoms with Crippen LogP contribution in [0, 0.1) is 0 Å². The summed E-state index contributed by atoms with van der Waals surface area (Å²) in [4.78, 5) is 40.1. The molecule has 0 fully saturated rings. The predicted molar refractivity (Wildman–Crippen MR) is 344 cm³/mol. The lowest BCUT2D eigenvalue weighted by atomic mass is 10.0. The van der Waals surface area contributed by atoms with Crippen molar-refractivity contribution in [3.8, 4) is 0 Å². The molecule has 1 N–H and O–H groups in total. The topological polar surface area (TPSA) is 114 Å². The van der Waals surface area contributed by atoms with Crippen LogP contribution in [0.5, 0.6) is 0 Å². The highest BCUT2D eigenvalue weighted by Crippen LogP contribution is 2.38. The largest absolute Gasteiger partial charge is 0.756 e. The quantitative estimate of drug-likeness (QED) is 0.0212. The zero-order valence-corrected chi connectivity index (χ0v) is 53.9. The first-order valence-corrected chi connectivity index (χ1v) is 34.9.